The fraction of sp³-hybridized carbons (Fsp3) is 0.438. The Morgan fingerprint density at radius 3 is 2.57 bits per heavy atom. The fourth-order valence-corrected chi connectivity index (χ4v) is 2.40. The van der Waals surface area contributed by atoms with Crippen LogP contribution in [0.1, 0.15) is 23.0 Å². The normalized spacial score (nSPS) is 12.2. The van der Waals surface area contributed by atoms with Gasteiger partial charge in [-0.25, -0.2) is 0 Å². The highest BCUT2D eigenvalue weighted by Crippen LogP contribution is 2.17. The smallest absolute Gasteiger partial charge is 0.253 e. The lowest BCUT2D eigenvalue weighted by Gasteiger charge is -2.24. The minimum atomic E-state index is -0.797. The van der Waals surface area contributed by atoms with Crippen molar-refractivity contribution in [3.63, 3.8) is 0 Å². The minimum Gasteiger partial charge on any atom is -0.389 e. The number of carbonyl (C=O) groups is 2. The van der Waals surface area contributed by atoms with Crippen LogP contribution in [0.2, 0.25) is 0 Å². The number of aryl methyl sites for hydroxylation is 1. The molecule has 2 aromatic rings. The zero-order valence-electron chi connectivity index (χ0n) is 13.8. The highest BCUT2D eigenvalue weighted by atomic mass is 16.3. The summed E-state index contributed by atoms with van der Waals surface area (Å²) in [4.78, 5) is 26.5. The second-order valence-electron chi connectivity index (χ2n) is 5.82. The van der Waals surface area contributed by atoms with E-state index in [1.165, 1.54) is 16.7 Å². The van der Waals surface area contributed by atoms with E-state index in [9.17, 15) is 14.7 Å². The number of aromatic nitrogens is 2. The summed E-state index contributed by atoms with van der Waals surface area (Å²) in [6, 6.07) is 5.33. The molecular formula is C16H22N4O3. The zero-order valence-corrected chi connectivity index (χ0v) is 13.8. The number of nitrogens with one attached hydrogen (secondary N) is 1. The number of amides is 2. The largest absolute Gasteiger partial charge is 0.389 e. The van der Waals surface area contributed by atoms with Gasteiger partial charge in [0, 0.05) is 50.8 Å². The summed E-state index contributed by atoms with van der Waals surface area (Å²) in [5.41, 5.74) is 2.20. The molecule has 7 heteroatoms. The molecule has 1 heterocycles. The van der Waals surface area contributed by atoms with Crippen molar-refractivity contribution in [1.29, 1.82) is 0 Å². The highest BCUT2D eigenvalue weighted by molar-refractivity contribution is 5.98. The van der Waals surface area contributed by atoms with Crippen LogP contribution < -0.4 is 0 Å². The number of hydrogen-bond acceptors (Lipinski definition) is 4. The number of nitrogens with zero attached hydrogens (tertiary/aromatic N) is 3. The summed E-state index contributed by atoms with van der Waals surface area (Å²) in [7, 11) is 3.24. The number of hydrogen-bond donors (Lipinski definition) is 2. The Labute approximate surface area is 134 Å². The molecule has 124 valence electrons. The second kappa shape index (κ2) is 6.78. The third kappa shape index (κ3) is 3.87. The first-order chi connectivity index (χ1) is 10.8. The SMILES string of the molecule is CC(=O)N(C)CC(O)CN(C)C(=O)c1ccc2c(C)[nH]nc2c1. The van der Waals surface area contributed by atoms with Crippen molar-refractivity contribution in [2.24, 2.45) is 0 Å². The molecule has 0 aliphatic heterocycles. The number of likely N-dealkylation sites (N-methyl/N-ethyl adjacent to an activating group) is 2. The number of rotatable bonds is 5. The van der Waals surface area contributed by atoms with Crippen molar-refractivity contribution in [1.82, 2.24) is 20.0 Å². The zero-order chi connectivity index (χ0) is 17.1. The highest BCUT2D eigenvalue weighted by Gasteiger charge is 2.18. The molecular weight excluding hydrogens is 296 g/mol. The summed E-state index contributed by atoms with van der Waals surface area (Å²) in [5.74, 6) is -0.325. The van der Waals surface area contributed by atoms with Crippen molar-refractivity contribution in [3.8, 4) is 0 Å². The second-order valence-corrected chi connectivity index (χ2v) is 5.82. The van der Waals surface area contributed by atoms with E-state index < -0.39 is 6.10 Å². The van der Waals surface area contributed by atoms with Crippen molar-refractivity contribution < 1.29 is 14.7 Å². The van der Waals surface area contributed by atoms with Gasteiger partial charge in [-0.05, 0) is 19.1 Å². The van der Waals surface area contributed by atoms with Crippen LogP contribution in [0.4, 0.5) is 0 Å². The van der Waals surface area contributed by atoms with E-state index in [2.05, 4.69) is 10.2 Å². The van der Waals surface area contributed by atoms with Crippen LogP contribution >= 0.6 is 0 Å². The van der Waals surface area contributed by atoms with Crippen molar-refractivity contribution in [3.05, 3.63) is 29.5 Å². The average Bonchev–Trinajstić information content (AvgIpc) is 2.86. The quantitative estimate of drug-likeness (QED) is 0.852. The molecule has 1 unspecified atom stereocenters. The lowest BCUT2D eigenvalue weighted by molar-refractivity contribution is -0.128. The maximum absolute atomic E-state index is 12.4. The van der Waals surface area contributed by atoms with Crippen LogP contribution in [0, 0.1) is 6.92 Å². The molecule has 2 amide bonds. The van der Waals surface area contributed by atoms with Crippen molar-refractivity contribution in [2.45, 2.75) is 20.0 Å². The van der Waals surface area contributed by atoms with Gasteiger partial charge < -0.3 is 14.9 Å². The topological polar surface area (TPSA) is 89.5 Å². The molecule has 1 aromatic heterocycles. The first-order valence-electron chi connectivity index (χ1n) is 7.39. The predicted molar refractivity (Wildman–Crippen MR) is 87.1 cm³/mol. The molecule has 0 spiro atoms. The van der Waals surface area contributed by atoms with Crippen LogP contribution in [-0.4, -0.2) is 70.2 Å². The van der Waals surface area contributed by atoms with Gasteiger partial charge in [0.2, 0.25) is 5.91 Å². The number of carbonyl (C=O) groups excluding carboxylic acids is 2. The lowest BCUT2D eigenvalue weighted by atomic mass is 10.1. The average molecular weight is 318 g/mol. The number of aliphatic hydroxyl groups excluding tert-OH is 1. The first-order valence-corrected chi connectivity index (χ1v) is 7.39. The molecule has 1 aromatic carbocycles. The summed E-state index contributed by atoms with van der Waals surface area (Å²) in [5, 5.41) is 18.0. The number of aliphatic hydroxyl groups is 1. The van der Waals surface area contributed by atoms with Gasteiger partial charge >= 0.3 is 0 Å². The first kappa shape index (κ1) is 17.0. The summed E-state index contributed by atoms with van der Waals surface area (Å²) in [6.07, 6.45) is -0.797. The number of aromatic amines is 1. The summed E-state index contributed by atoms with van der Waals surface area (Å²) < 4.78 is 0. The van der Waals surface area contributed by atoms with E-state index in [1.807, 2.05) is 13.0 Å². The van der Waals surface area contributed by atoms with Gasteiger partial charge in [0.05, 0.1) is 11.6 Å². The third-order valence-corrected chi connectivity index (χ3v) is 3.85. The van der Waals surface area contributed by atoms with E-state index >= 15 is 0 Å². The molecule has 23 heavy (non-hydrogen) atoms. The number of fused-ring (bicyclic) bond motifs is 1. The Hall–Kier alpha value is -2.41. The van der Waals surface area contributed by atoms with Gasteiger partial charge in [0.1, 0.15) is 0 Å². The van der Waals surface area contributed by atoms with E-state index in [1.54, 1.807) is 26.2 Å². The van der Waals surface area contributed by atoms with E-state index in [0.717, 1.165) is 16.6 Å². The van der Waals surface area contributed by atoms with Crippen LogP contribution in [0.5, 0.6) is 0 Å². The minimum absolute atomic E-state index is 0.127. The monoisotopic (exact) mass is 318 g/mol. The Morgan fingerprint density at radius 1 is 1.26 bits per heavy atom. The van der Waals surface area contributed by atoms with E-state index in [4.69, 9.17) is 0 Å². The molecule has 0 aliphatic carbocycles. The molecule has 7 nitrogen and oxygen atoms in total. The van der Waals surface area contributed by atoms with Crippen LogP contribution in [0.3, 0.4) is 0 Å². The van der Waals surface area contributed by atoms with Gasteiger partial charge in [-0.3, -0.25) is 14.7 Å². The lowest BCUT2D eigenvalue weighted by Crippen LogP contribution is -2.41. The molecule has 0 radical (unpaired) electrons. The number of H-pyrrole nitrogens is 1. The molecule has 2 rings (SSSR count). The van der Waals surface area contributed by atoms with Gasteiger partial charge in [0.15, 0.2) is 0 Å². The molecule has 0 aliphatic rings. The van der Waals surface area contributed by atoms with Gasteiger partial charge in [-0.1, -0.05) is 6.07 Å². The van der Waals surface area contributed by atoms with Crippen molar-refractivity contribution in [2.75, 3.05) is 27.2 Å². The van der Waals surface area contributed by atoms with E-state index in [0.29, 0.717) is 5.56 Å². The molecule has 1 atom stereocenters. The molecule has 0 fully saturated rings. The van der Waals surface area contributed by atoms with Crippen LogP contribution in [0.15, 0.2) is 18.2 Å². The molecule has 2 N–H and O–H groups in total. The van der Waals surface area contributed by atoms with Crippen LogP contribution in [0.25, 0.3) is 10.9 Å². The number of benzene rings is 1. The van der Waals surface area contributed by atoms with Gasteiger partial charge in [0.25, 0.3) is 5.91 Å². The predicted octanol–water partition coefficient (Wildman–Crippen LogP) is 0.783. The molecule has 0 bridgehead atoms. The van der Waals surface area contributed by atoms with Crippen LogP contribution in [-0.2, 0) is 4.79 Å². The standard InChI is InChI=1S/C16H22N4O3/c1-10-14-6-5-12(7-15(14)18-17-10)16(23)20(4)9-13(22)8-19(3)11(2)21/h5-7,13,22H,8-9H2,1-4H3,(H,17,18). The Bertz CT molecular complexity index is 725. The summed E-state index contributed by atoms with van der Waals surface area (Å²) >= 11 is 0. The maximum atomic E-state index is 12.4. The Balaban J connectivity index is 2.04. The van der Waals surface area contributed by atoms with Gasteiger partial charge in [-0.15, -0.1) is 0 Å². The Morgan fingerprint density at radius 2 is 1.91 bits per heavy atom. The Kier molecular flexibility index (Phi) is 5.00. The van der Waals surface area contributed by atoms with Crippen molar-refractivity contribution >= 4 is 22.7 Å². The van der Waals surface area contributed by atoms with E-state index in [-0.39, 0.29) is 24.9 Å². The molecule has 0 saturated carbocycles. The maximum Gasteiger partial charge on any atom is 0.253 e. The third-order valence-electron chi connectivity index (χ3n) is 3.85. The molecule has 0 saturated heterocycles. The summed E-state index contributed by atoms with van der Waals surface area (Å²) in [6.45, 7) is 3.69. The fourth-order valence-electron chi connectivity index (χ4n) is 2.40. The van der Waals surface area contributed by atoms with Gasteiger partial charge in [-0.2, -0.15) is 5.10 Å².